The minimum absolute atomic E-state index is 0.150. The molecule has 1 heterocycles. The average Bonchev–Trinajstić information content (AvgIpc) is 2.94. The predicted molar refractivity (Wildman–Crippen MR) is 124 cm³/mol. The molecule has 2 N–H and O–H groups in total. The summed E-state index contributed by atoms with van der Waals surface area (Å²) >= 11 is 3.33. The van der Waals surface area contributed by atoms with Crippen molar-refractivity contribution in [3.8, 4) is 5.75 Å². The SMILES string of the molecule is CC1(C)OB(C(=Cc2ccc(O)c(Br)c2)CNC(=O)OCc2ccccc2)OC1(C)C. The van der Waals surface area contributed by atoms with Gasteiger partial charge in [-0.25, -0.2) is 4.79 Å². The number of halogens is 1. The smallest absolute Gasteiger partial charge is 0.492 e. The van der Waals surface area contributed by atoms with Crippen LogP contribution in [0.1, 0.15) is 38.8 Å². The number of carbonyl (C=O) groups excluding carboxylic acids is 1. The standard InChI is InChI=1S/C23H27BBrNO5/c1-22(2)23(3,4)31-24(30-22)18(12-17-10-11-20(27)19(25)13-17)14-26-21(28)29-15-16-8-6-5-7-9-16/h5-13,27H,14-15H2,1-4H3,(H,26,28). The molecule has 2 aromatic rings. The molecular formula is C23H27BBrNO5. The van der Waals surface area contributed by atoms with Crippen molar-refractivity contribution in [1.29, 1.82) is 0 Å². The number of alkyl carbamates (subject to hydrolysis) is 1. The van der Waals surface area contributed by atoms with Gasteiger partial charge in [-0.1, -0.05) is 42.5 Å². The van der Waals surface area contributed by atoms with E-state index in [4.69, 9.17) is 14.0 Å². The van der Waals surface area contributed by atoms with E-state index in [0.717, 1.165) is 16.6 Å². The van der Waals surface area contributed by atoms with Gasteiger partial charge in [-0.2, -0.15) is 0 Å². The van der Waals surface area contributed by atoms with Gasteiger partial charge in [-0.3, -0.25) is 0 Å². The van der Waals surface area contributed by atoms with Crippen LogP contribution in [0.2, 0.25) is 0 Å². The molecule has 3 rings (SSSR count). The maximum absolute atomic E-state index is 12.3. The van der Waals surface area contributed by atoms with Gasteiger partial charge in [0.15, 0.2) is 0 Å². The molecule has 1 amide bonds. The average molecular weight is 488 g/mol. The predicted octanol–water partition coefficient (Wildman–Crippen LogP) is 5.10. The quantitative estimate of drug-likeness (QED) is 0.554. The lowest BCUT2D eigenvalue weighted by atomic mass is 9.77. The van der Waals surface area contributed by atoms with Crippen molar-refractivity contribution in [2.24, 2.45) is 0 Å². The highest BCUT2D eigenvalue weighted by Crippen LogP contribution is 2.39. The second-order valence-corrected chi connectivity index (χ2v) is 9.29. The molecule has 2 aromatic carbocycles. The number of hydrogen-bond donors (Lipinski definition) is 2. The molecule has 1 saturated heterocycles. The number of carbonyl (C=O) groups is 1. The van der Waals surface area contributed by atoms with Crippen LogP contribution in [-0.4, -0.2) is 36.1 Å². The van der Waals surface area contributed by atoms with Crippen LogP contribution in [0.5, 0.6) is 5.75 Å². The molecule has 8 heteroatoms. The van der Waals surface area contributed by atoms with Crippen LogP contribution in [0.4, 0.5) is 4.79 Å². The maximum Gasteiger partial charge on any atom is 0.492 e. The monoisotopic (exact) mass is 487 g/mol. The summed E-state index contributed by atoms with van der Waals surface area (Å²) < 4.78 is 18.2. The molecule has 0 aromatic heterocycles. The molecule has 0 aliphatic carbocycles. The Morgan fingerprint density at radius 1 is 1.13 bits per heavy atom. The molecule has 0 unspecified atom stereocenters. The molecule has 0 atom stereocenters. The Morgan fingerprint density at radius 2 is 1.77 bits per heavy atom. The van der Waals surface area contributed by atoms with E-state index in [2.05, 4.69) is 21.2 Å². The van der Waals surface area contributed by atoms with E-state index in [1.54, 1.807) is 18.2 Å². The first-order valence-corrected chi connectivity index (χ1v) is 10.9. The molecule has 31 heavy (non-hydrogen) atoms. The first-order valence-electron chi connectivity index (χ1n) is 10.1. The molecule has 0 bridgehead atoms. The summed E-state index contributed by atoms with van der Waals surface area (Å²) in [5.74, 6) is 0.150. The Hall–Kier alpha value is -2.29. The molecule has 0 spiro atoms. The Bertz CT molecular complexity index is 946. The first kappa shape index (κ1) is 23.4. The van der Waals surface area contributed by atoms with E-state index in [1.165, 1.54) is 0 Å². The van der Waals surface area contributed by atoms with Crippen LogP contribution in [0, 0.1) is 0 Å². The molecule has 1 fully saturated rings. The third-order valence-electron chi connectivity index (χ3n) is 5.53. The van der Waals surface area contributed by atoms with Crippen LogP contribution < -0.4 is 5.32 Å². The van der Waals surface area contributed by atoms with Gasteiger partial charge in [0.2, 0.25) is 0 Å². The van der Waals surface area contributed by atoms with Gasteiger partial charge in [-0.05, 0) is 72.4 Å². The highest BCUT2D eigenvalue weighted by Gasteiger charge is 2.52. The molecule has 1 aliphatic rings. The molecule has 164 valence electrons. The van der Waals surface area contributed by atoms with E-state index >= 15 is 0 Å². The van der Waals surface area contributed by atoms with E-state index in [0.29, 0.717) is 4.47 Å². The molecule has 0 saturated carbocycles. The fraction of sp³-hybridized carbons (Fsp3) is 0.348. The number of hydrogen-bond acceptors (Lipinski definition) is 5. The largest absolute Gasteiger partial charge is 0.507 e. The minimum Gasteiger partial charge on any atom is -0.507 e. The van der Waals surface area contributed by atoms with Crippen molar-refractivity contribution in [2.45, 2.75) is 45.5 Å². The van der Waals surface area contributed by atoms with E-state index in [1.807, 2.05) is 64.1 Å². The summed E-state index contributed by atoms with van der Waals surface area (Å²) in [6.45, 7) is 8.27. The lowest BCUT2D eigenvalue weighted by Crippen LogP contribution is -2.41. The normalized spacial score (nSPS) is 17.5. The van der Waals surface area contributed by atoms with Gasteiger partial charge in [0.1, 0.15) is 12.4 Å². The zero-order valence-corrected chi connectivity index (χ0v) is 19.7. The van der Waals surface area contributed by atoms with E-state index < -0.39 is 24.4 Å². The Morgan fingerprint density at radius 3 is 2.39 bits per heavy atom. The second-order valence-electron chi connectivity index (χ2n) is 8.43. The van der Waals surface area contributed by atoms with Crippen molar-refractivity contribution in [1.82, 2.24) is 5.32 Å². The zero-order valence-electron chi connectivity index (χ0n) is 18.1. The molecule has 0 radical (unpaired) electrons. The van der Waals surface area contributed by atoms with E-state index in [9.17, 15) is 9.90 Å². The van der Waals surface area contributed by atoms with Crippen LogP contribution in [0.25, 0.3) is 6.08 Å². The van der Waals surface area contributed by atoms with Crippen molar-refractivity contribution in [3.63, 3.8) is 0 Å². The van der Waals surface area contributed by atoms with E-state index in [-0.39, 0.29) is 18.9 Å². The number of benzene rings is 2. The van der Waals surface area contributed by atoms with Crippen LogP contribution in [0.3, 0.4) is 0 Å². The van der Waals surface area contributed by atoms with Gasteiger partial charge in [0.25, 0.3) is 0 Å². The highest BCUT2D eigenvalue weighted by molar-refractivity contribution is 9.10. The number of phenols is 1. The summed E-state index contributed by atoms with van der Waals surface area (Å²) in [5.41, 5.74) is 1.44. The Balaban J connectivity index is 1.73. The lowest BCUT2D eigenvalue weighted by Gasteiger charge is -2.32. The number of ether oxygens (including phenoxy) is 1. The maximum atomic E-state index is 12.3. The van der Waals surface area contributed by atoms with Gasteiger partial charge >= 0.3 is 13.2 Å². The fourth-order valence-electron chi connectivity index (χ4n) is 2.97. The minimum atomic E-state index is -0.632. The zero-order chi connectivity index (χ0) is 22.6. The first-order chi connectivity index (χ1) is 14.6. The molecule has 6 nitrogen and oxygen atoms in total. The Labute approximate surface area is 191 Å². The third-order valence-corrected chi connectivity index (χ3v) is 6.16. The van der Waals surface area contributed by atoms with Crippen molar-refractivity contribution < 1.29 is 23.9 Å². The van der Waals surface area contributed by atoms with Crippen LogP contribution in [0.15, 0.2) is 58.5 Å². The summed E-state index contributed by atoms with van der Waals surface area (Å²) in [5, 5.41) is 12.5. The van der Waals surface area contributed by atoms with Gasteiger partial charge in [0.05, 0.1) is 15.7 Å². The number of amides is 1. The van der Waals surface area contributed by atoms with Crippen molar-refractivity contribution in [3.05, 3.63) is 69.6 Å². The van der Waals surface area contributed by atoms with Gasteiger partial charge in [-0.15, -0.1) is 0 Å². The summed E-state index contributed by atoms with van der Waals surface area (Å²) in [4.78, 5) is 12.3. The summed E-state index contributed by atoms with van der Waals surface area (Å²) in [6.07, 6.45) is 1.35. The number of rotatable bonds is 6. The fourth-order valence-corrected chi connectivity index (χ4v) is 3.37. The third kappa shape index (κ3) is 5.90. The van der Waals surface area contributed by atoms with Gasteiger partial charge < -0.3 is 24.5 Å². The number of aromatic hydroxyl groups is 1. The second kappa shape index (κ2) is 9.46. The van der Waals surface area contributed by atoms with Crippen LogP contribution in [-0.2, 0) is 20.7 Å². The van der Waals surface area contributed by atoms with Crippen LogP contribution >= 0.6 is 15.9 Å². The number of phenolic OH excluding ortho intramolecular Hbond substituents is 1. The topological polar surface area (TPSA) is 77.0 Å². The molecular weight excluding hydrogens is 461 g/mol. The summed E-state index contributed by atoms with van der Waals surface area (Å²) in [6, 6.07) is 14.6. The van der Waals surface area contributed by atoms with Crippen molar-refractivity contribution >= 4 is 35.2 Å². The summed E-state index contributed by atoms with van der Waals surface area (Å²) in [7, 11) is -0.632. The highest BCUT2D eigenvalue weighted by atomic mass is 79.9. The van der Waals surface area contributed by atoms with Gasteiger partial charge in [0, 0.05) is 6.54 Å². The molecule has 1 aliphatic heterocycles. The lowest BCUT2D eigenvalue weighted by molar-refractivity contribution is 0.00578. The number of nitrogens with one attached hydrogen (secondary N) is 1. The Kier molecular flexibility index (Phi) is 7.14. The van der Waals surface area contributed by atoms with Crippen molar-refractivity contribution in [2.75, 3.05) is 6.54 Å².